The minimum Gasteiger partial charge on any atom is -0.598 e. The summed E-state index contributed by atoms with van der Waals surface area (Å²) in [5, 5.41) is 0.665. The SMILES string of the molecule is C[C@@H](N[S+]([O-])C(C)(C)C)c1nc(Cl)cc2c(=O)n(C)c(C3(C)CC3)nc12. The number of pyridine rings is 1. The van der Waals surface area contributed by atoms with Crippen LogP contribution in [0.15, 0.2) is 10.9 Å². The molecule has 1 aliphatic rings. The molecule has 2 atom stereocenters. The van der Waals surface area contributed by atoms with Crippen molar-refractivity contribution >= 4 is 33.9 Å². The predicted molar refractivity (Wildman–Crippen MR) is 106 cm³/mol. The molecule has 6 nitrogen and oxygen atoms in total. The third-order valence-electron chi connectivity index (χ3n) is 4.85. The normalized spacial score (nSPS) is 18.8. The fraction of sp³-hybridized carbons (Fsp3) is 0.611. The van der Waals surface area contributed by atoms with Crippen LogP contribution in [0, 0.1) is 0 Å². The van der Waals surface area contributed by atoms with Gasteiger partial charge in [0, 0.05) is 23.8 Å². The minimum absolute atomic E-state index is 0.0656. The van der Waals surface area contributed by atoms with E-state index >= 15 is 0 Å². The van der Waals surface area contributed by atoms with E-state index in [4.69, 9.17) is 16.6 Å². The molecule has 0 saturated heterocycles. The van der Waals surface area contributed by atoms with E-state index < -0.39 is 16.1 Å². The number of nitrogens with zero attached hydrogens (tertiary/aromatic N) is 3. The lowest BCUT2D eigenvalue weighted by atomic mass is 10.1. The zero-order valence-corrected chi connectivity index (χ0v) is 17.6. The van der Waals surface area contributed by atoms with Gasteiger partial charge in [-0.3, -0.25) is 9.36 Å². The Hall–Kier alpha value is -1.15. The Morgan fingerprint density at radius 1 is 1.38 bits per heavy atom. The van der Waals surface area contributed by atoms with Crippen LogP contribution < -0.4 is 10.3 Å². The van der Waals surface area contributed by atoms with Gasteiger partial charge < -0.3 is 4.55 Å². The molecule has 8 heteroatoms. The Bertz CT molecular complexity index is 918. The molecule has 1 saturated carbocycles. The van der Waals surface area contributed by atoms with Crippen LogP contribution in [-0.4, -0.2) is 23.8 Å². The van der Waals surface area contributed by atoms with Crippen molar-refractivity contribution in [3.8, 4) is 0 Å². The van der Waals surface area contributed by atoms with Gasteiger partial charge in [0.15, 0.2) is 0 Å². The number of nitrogens with one attached hydrogen (secondary N) is 1. The van der Waals surface area contributed by atoms with Crippen molar-refractivity contribution < 1.29 is 4.55 Å². The van der Waals surface area contributed by atoms with E-state index in [1.807, 2.05) is 27.7 Å². The lowest BCUT2D eigenvalue weighted by Gasteiger charge is -2.26. The topological polar surface area (TPSA) is 82.9 Å². The summed E-state index contributed by atoms with van der Waals surface area (Å²) in [4.78, 5) is 22.1. The van der Waals surface area contributed by atoms with E-state index in [1.54, 1.807) is 17.7 Å². The number of fused-ring (bicyclic) bond motifs is 1. The van der Waals surface area contributed by atoms with Crippen LogP contribution in [0.3, 0.4) is 0 Å². The van der Waals surface area contributed by atoms with Crippen LogP contribution in [-0.2, 0) is 23.8 Å². The highest BCUT2D eigenvalue weighted by Crippen LogP contribution is 2.46. The van der Waals surface area contributed by atoms with E-state index in [0.717, 1.165) is 18.7 Å². The quantitative estimate of drug-likeness (QED) is 0.634. The second kappa shape index (κ2) is 6.48. The van der Waals surface area contributed by atoms with Gasteiger partial charge in [-0.1, -0.05) is 18.5 Å². The summed E-state index contributed by atoms with van der Waals surface area (Å²) in [5.74, 6) is 0.768. The molecule has 142 valence electrons. The number of hydrogen-bond donors (Lipinski definition) is 1. The van der Waals surface area contributed by atoms with Crippen LogP contribution in [0.25, 0.3) is 10.9 Å². The lowest BCUT2D eigenvalue weighted by molar-refractivity contribution is 0.529. The van der Waals surface area contributed by atoms with Gasteiger partial charge in [0.1, 0.15) is 21.2 Å². The maximum Gasteiger partial charge on any atom is 0.261 e. The van der Waals surface area contributed by atoms with Gasteiger partial charge in [0.05, 0.1) is 17.1 Å². The highest BCUT2D eigenvalue weighted by atomic mass is 35.5. The first-order chi connectivity index (χ1) is 11.9. The summed E-state index contributed by atoms with van der Waals surface area (Å²) in [6.45, 7) is 9.66. The Morgan fingerprint density at radius 2 is 2.00 bits per heavy atom. The second-order valence-corrected chi connectivity index (χ2v) is 10.7. The largest absolute Gasteiger partial charge is 0.598 e. The lowest BCUT2D eigenvalue weighted by Crippen LogP contribution is -2.41. The molecule has 2 aromatic heterocycles. The van der Waals surface area contributed by atoms with Gasteiger partial charge in [0.25, 0.3) is 5.56 Å². The Morgan fingerprint density at radius 3 is 2.54 bits per heavy atom. The maximum atomic E-state index is 12.9. The number of rotatable bonds is 4. The molecular weight excluding hydrogens is 372 g/mol. The first kappa shape index (κ1) is 19.6. The zero-order valence-electron chi connectivity index (χ0n) is 16.0. The molecule has 0 bridgehead atoms. The summed E-state index contributed by atoms with van der Waals surface area (Å²) in [6.07, 6.45) is 2.02. The smallest absolute Gasteiger partial charge is 0.261 e. The van der Waals surface area contributed by atoms with Gasteiger partial charge >= 0.3 is 0 Å². The van der Waals surface area contributed by atoms with E-state index in [-0.39, 0.29) is 22.2 Å². The molecule has 2 aromatic rings. The third kappa shape index (κ3) is 3.50. The first-order valence-electron chi connectivity index (χ1n) is 8.70. The number of aromatic nitrogens is 3. The van der Waals surface area contributed by atoms with Crippen LogP contribution in [0.4, 0.5) is 0 Å². The summed E-state index contributed by atoms with van der Waals surface area (Å²) >= 11 is 4.89. The van der Waals surface area contributed by atoms with Gasteiger partial charge in [0.2, 0.25) is 0 Å². The Kier molecular flexibility index (Phi) is 4.88. The minimum atomic E-state index is -1.28. The van der Waals surface area contributed by atoms with Crippen molar-refractivity contribution in [2.24, 2.45) is 7.05 Å². The fourth-order valence-corrected chi connectivity index (χ4v) is 3.90. The van der Waals surface area contributed by atoms with E-state index in [9.17, 15) is 9.35 Å². The molecular formula is C18H25ClN4O2S. The molecule has 0 aliphatic heterocycles. The van der Waals surface area contributed by atoms with E-state index in [0.29, 0.717) is 16.6 Å². The van der Waals surface area contributed by atoms with Crippen molar-refractivity contribution in [1.29, 1.82) is 0 Å². The highest BCUT2D eigenvalue weighted by Gasteiger charge is 2.43. The van der Waals surface area contributed by atoms with Gasteiger partial charge in [-0.15, -0.1) is 4.72 Å². The standard InChI is InChI=1S/C18H25ClN4O2S/c1-10(22-26(25)17(2,3)4)13-14-11(9-12(19)20-13)15(24)23(6)16(21-14)18(5)7-8-18/h9-10,22H,7-8H2,1-6H3/t10-,26?/m1/s1. The third-order valence-corrected chi connectivity index (χ3v) is 6.72. The van der Waals surface area contributed by atoms with E-state index in [1.165, 1.54) is 0 Å². The first-order valence-corrected chi connectivity index (χ1v) is 10.2. The van der Waals surface area contributed by atoms with Crippen molar-refractivity contribution in [1.82, 2.24) is 19.3 Å². The molecule has 1 fully saturated rings. The van der Waals surface area contributed by atoms with E-state index in [2.05, 4.69) is 16.6 Å². The number of halogens is 1. The second-order valence-electron chi connectivity index (χ2n) is 8.31. The van der Waals surface area contributed by atoms with Gasteiger partial charge in [-0.05, 0) is 46.6 Å². The summed E-state index contributed by atoms with van der Waals surface area (Å²) in [5.41, 5.74) is 0.886. The van der Waals surface area contributed by atoms with Crippen molar-refractivity contribution in [3.05, 3.63) is 33.1 Å². The van der Waals surface area contributed by atoms with Gasteiger partial charge in [-0.2, -0.15) is 0 Å². The average Bonchev–Trinajstić information content (AvgIpc) is 3.28. The van der Waals surface area contributed by atoms with Gasteiger partial charge in [-0.25, -0.2) is 9.97 Å². The molecule has 0 aromatic carbocycles. The Balaban J connectivity index is 2.16. The molecule has 1 unspecified atom stereocenters. The molecule has 0 spiro atoms. The summed E-state index contributed by atoms with van der Waals surface area (Å²) in [6, 6.07) is 1.19. The van der Waals surface area contributed by atoms with Crippen LogP contribution in [0.5, 0.6) is 0 Å². The molecule has 3 rings (SSSR count). The molecule has 1 N–H and O–H groups in total. The number of hydrogen-bond acceptors (Lipinski definition) is 5. The van der Waals surface area contributed by atoms with Crippen molar-refractivity contribution in [2.75, 3.05) is 0 Å². The molecule has 0 radical (unpaired) electrons. The monoisotopic (exact) mass is 396 g/mol. The molecule has 26 heavy (non-hydrogen) atoms. The van der Waals surface area contributed by atoms with Crippen LogP contribution in [0.2, 0.25) is 5.15 Å². The maximum absolute atomic E-state index is 12.9. The average molecular weight is 397 g/mol. The van der Waals surface area contributed by atoms with Crippen LogP contribution >= 0.6 is 11.6 Å². The summed E-state index contributed by atoms with van der Waals surface area (Å²) in [7, 11) is 1.75. The molecule has 2 heterocycles. The predicted octanol–water partition coefficient (Wildman–Crippen LogP) is 3.15. The van der Waals surface area contributed by atoms with Crippen molar-refractivity contribution in [3.63, 3.8) is 0 Å². The molecule has 1 aliphatic carbocycles. The van der Waals surface area contributed by atoms with Crippen LogP contribution in [0.1, 0.15) is 65.0 Å². The Labute approximate surface area is 161 Å². The summed E-state index contributed by atoms with van der Waals surface area (Å²) < 4.78 is 16.7. The zero-order chi connectivity index (χ0) is 19.4. The molecule has 0 amide bonds. The fourth-order valence-electron chi connectivity index (χ4n) is 2.91. The highest BCUT2D eigenvalue weighted by molar-refractivity contribution is 7.90. The van der Waals surface area contributed by atoms with Crippen molar-refractivity contribution in [2.45, 2.75) is 63.7 Å².